The molecule has 0 saturated carbocycles. The summed E-state index contributed by atoms with van der Waals surface area (Å²) in [5.74, 6) is -0.509. The van der Waals surface area contributed by atoms with Crippen molar-refractivity contribution >= 4 is 27.5 Å². The molecule has 1 aliphatic heterocycles. The number of hydrogen-bond donors (Lipinski definition) is 1. The first-order valence-corrected chi connectivity index (χ1v) is 9.97. The van der Waals surface area contributed by atoms with Gasteiger partial charge in [-0.25, -0.2) is 4.31 Å². The Morgan fingerprint density at radius 2 is 1.70 bits per heavy atom. The summed E-state index contributed by atoms with van der Waals surface area (Å²) in [7, 11) is -2.66. The fraction of sp³-hybridized carbons (Fsp3) is 0.200. The highest BCUT2D eigenvalue weighted by Crippen LogP contribution is 2.21. The van der Waals surface area contributed by atoms with E-state index < -0.39 is 16.1 Å². The molecule has 0 atom stereocenters. The number of carbonyl (C=O) groups excluding carboxylic acids is 1. The van der Waals surface area contributed by atoms with E-state index in [0.717, 1.165) is 21.9 Å². The summed E-state index contributed by atoms with van der Waals surface area (Å²) in [5, 5.41) is 2.74. The molecule has 2 aromatic rings. The Kier molecular flexibility index (Phi) is 5.14. The lowest BCUT2D eigenvalue weighted by atomic mass is 10.1. The number of carbonyl (C=O) groups is 1. The molecule has 27 heavy (non-hydrogen) atoms. The molecule has 2 aromatic carbocycles. The lowest BCUT2D eigenvalue weighted by molar-refractivity contribution is -0.113. The molecule has 0 saturated heterocycles. The van der Waals surface area contributed by atoms with E-state index in [-0.39, 0.29) is 11.4 Å². The van der Waals surface area contributed by atoms with Gasteiger partial charge >= 0.3 is 10.2 Å². The van der Waals surface area contributed by atoms with Crippen LogP contribution in [0.3, 0.4) is 0 Å². The van der Waals surface area contributed by atoms with Crippen LogP contribution in [-0.4, -0.2) is 31.4 Å². The van der Waals surface area contributed by atoms with Crippen LogP contribution in [0.25, 0.3) is 0 Å². The zero-order chi connectivity index (χ0) is 19.6. The van der Waals surface area contributed by atoms with E-state index >= 15 is 0 Å². The third-order valence-electron chi connectivity index (χ3n) is 4.37. The standard InChI is InChI=1S/C20H21N3O3S/c1-4-15-7-11-17(12-8-15)21-20(24)19-13-18(22-27(25,26)23(19)3)16-9-5-14(2)6-10-16/h5-13H,4H2,1-3H3,(H,21,24). The molecule has 0 bridgehead atoms. The predicted molar refractivity (Wildman–Crippen MR) is 107 cm³/mol. The minimum Gasteiger partial charge on any atom is -0.321 e. The maximum Gasteiger partial charge on any atom is 0.345 e. The highest BCUT2D eigenvalue weighted by atomic mass is 32.2. The molecule has 0 aliphatic carbocycles. The summed E-state index contributed by atoms with van der Waals surface area (Å²) in [6, 6.07) is 14.7. The number of allylic oxidation sites excluding steroid dienone is 1. The topological polar surface area (TPSA) is 78.8 Å². The number of rotatable bonds is 4. The van der Waals surface area contributed by atoms with Crippen LogP contribution in [-0.2, 0) is 21.4 Å². The monoisotopic (exact) mass is 383 g/mol. The number of likely N-dealkylation sites (N-methyl/N-ethyl adjacent to an activating group) is 1. The highest BCUT2D eigenvalue weighted by Gasteiger charge is 2.30. The molecule has 0 unspecified atom stereocenters. The van der Waals surface area contributed by atoms with Crippen LogP contribution < -0.4 is 5.32 Å². The van der Waals surface area contributed by atoms with Crippen LogP contribution in [0, 0.1) is 6.92 Å². The average Bonchev–Trinajstić information content (AvgIpc) is 2.65. The molecule has 1 N–H and O–H groups in total. The van der Waals surface area contributed by atoms with Crippen molar-refractivity contribution in [2.75, 3.05) is 12.4 Å². The smallest absolute Gasteiger partial charge is 0.321 e. The Bertz CT molecular complexity index is 1020. The molecule has 7 heteroatoms. The first-order chi connectivity index (χ1) is 12.8. The molecule has 0 spiro atoms. The van der Waals surface area contributed by atoms with Gasteiger partial charge in [-0.05, 0) is 37.1 Å². The third-order valence-corrected chi connectivity index (χ3v) is 5.69. The van der Waals surface area contributed by atoms with Crippen molar-refractivity contribution in [1.82, 2.24) is 4.31 Å². The number of anilines is 1. The Morgan fingerprint density at radius 1 is 1.07 bits per heavy atom. The predicted octanol–water partition coefficient (Wildman–Crippen LogP) is 3.06. The van der Waals surface area contributed by atoms with Gasteiger partial charge in [0.1, 0.15) is 5.70 Å². The second kappa shape index (κ2) is 7.36. The number of nitrogens with one attached hydrogen (secondary N) is 1. The van der Waals surface area contributed by atoms with Gasteiger partial charge in [-0.3, -0.25) is 4.79 Å². The third kappa shape index (κ3) is 4.09. The zero-order valence-corrected chi connectivity index (χ0v) is 16.2. The SMILES string of the molecule is CCc1ccc(NC(=O)C2=CC(c3ccc(C)cc3)=NS(=O)(=O)N2C)cc1. The highest BCUT2D eigenvalue weighted by molar-refractivity contribution is 7.88. The first kappa shape index (κ1) is 18.8. The van der Waals surface area contributed by atoms with Gasteiger partial charge in [-0.15, -0.1) is 4.40 Å². The van der Waals surface area contributed by atoms with Crippen LogP contribution in [0.1, 0.15) is 23.6 Å². The van der Waals surface area contributed by atoms with E-state index in [1.165, 1.54) is 13.1 Å². The Labute approximate surface area is 159 Å². The minimum absolute atomic E-state index is 0.0140. The summed E-state index contributed by atoms with van der Waals surface area (Å²) in [5.41, 5.74) is 3.68. The molecule has 0 radical (unpaired) electrons. The fourth-order valence-electron chi connectivity index (χ4n) is 2.64. The van der Waals surface area contributed by atoms with Crippen molar-refractivity contribution in [3.8, 4) is 0 Å². The van der Waals surface area contributed by atoms with Crippen molar-refractivity contribution in [2.45, 2.75) is 20.3 Å². The van der Waals surface area contributed by atoms with E-state index in [4.69, 9.17) is 0 Å². The van der Waals surface area contributed by atoms with Gasteiger partial charge in [0.25, 0.3) is 5.91 Å². The summed E-state index contributed by atoms with van der Waals surface area (Å²) in [6.07, 6.45) is 2.39. The normalized spacial score (nSPS) is 15.7. The van der Waals surface area contributed by atoms with Gasteiger partial charge in [0.05, 0.1) is 5.71 Å². The van der Waals surface area contributed by atoms with E-state index in [1.807, 2.05) is 38.1 Å². The van der Waals surface area contributed by atoms with Gasteiger partial charge in [0, 0.05) is 18.3 Å². The number of hydrogen-bond acceptors (Lipinski definition) is 3. The molecule has 140 valence electrons. The van der Waals surface area contributed by atoms with E-state index in [1.54, 1.807) is 24.3 Å². The number of aryl methyl sites for hydroxylation is 2. The lowest BCUT2D eigenvalue weighted by Gasteiger charge is -2.23. The van der Waals surface area contributed by atoms with E-state index in [2.05, 4.69) is 9.71 Å². The Morgan fingerprint density at radius 3 is 2.30 bits per heavy atom. The van der Waals surface area contributed by atoms with Crippen molar-refractivity contribution in [1.29, 1.82) is 0 Å². The fourth-order valence-corrected chi connectivity index (χ4v) is 3.56. The molecule has 0 fully saturated rings. The lowest BCUT2D eigenvalue weighted by Crippen LogP contribution is -2.35. The average molecular weight is 383 g/mol. The molecule has 6 nitrogen and oxygen atoms in total. The number of amides is 1. The number of benzene rings is 2. The summed E-state index contributed by atoms with van der Waals surface area (Å²) in [6.45, 7) is 3.99. The van der Waals surface area contributed by atoms with Crippen molar-refractivity contribution in [3.05, 3.63) is 77.0 Å². The zero-order valence-electron chi connectivity index (χ0n) is 15.4. The van der Waals surface area contributed by atoms with Gasteiger partial charge in [-0.2, -0.15) is 8.42 Å². The second-order valence-corrected chi connectivity index (χ2v) is 7.95. The van der Waals surface area contributed by atoms with Crippen LogP contribution in [0.5, 0.6) is 0 Å². The Balaban J connectivity index is 1.92. The Hall–Kier alpha value is -2.93. The molecular formula is C20H21N3O3S. The maximum absolute atomic E-state index is 12.7. The second-order valence-electron chi connectivity index (χ2n) is 6.32. The molecule has 0 aromatic heterocycles. The largest absolute Gasteiger partial charge is 0.345 e. The van der Waals surface area contributed by atoms with Crippen molar-refractivity contribution in [3.63, 3.8) is 0 Å². The summed E-state index contributed by atoms with van der Waals surface area (Å²) >= 11 is 0. The summed E-state index contributed by atoms with van der Waals surface area (Å²) in [4.78, 5) is 12.7. The molecule has 1 aliphatic rings. The first-order valence-electron chi connectivity index (χ1n) is 8.58. The van der Waals surface area contributed by atoms with Gasteiger partial charge in [0.2, 0.25) is 0 Å². The van der Waals surface area contributed by atoms with E-state index in [0.29, 0.717) is 11.3 Å². The van der Waals surface area contributed by atoms with Gasteiger partial charge in [0.15, 0.2) is 0 Å². The van der Waals surface area contributed by atoms with Gasteiger partial charge < -0.3 is 5.32 Å². The number of nitrogens with zero attached hydrogens (tertiary/aromatic N) is 2. The summed E-state index contributed by atoms with van der Waals surface area (Å²) < 4.78 is 29.5. The molecule has 1 heterocycles. The van der Waals surface area contributed by atoms with Crippen LogP contribution >= 0.6 is 0 Å². The van der Waals surface area contributed by atoms with Gasteiger partial charge in [-0.1, -0.05) is 48.9 Å². The minimum atomic E-state index is -3.97. The van der Waals surface area contributed by atoms with Crippen LogP contribution in [0.2, 0.25) is 0 Å². The van der Waals surface area contributed by atoms with Crippen molar-refractivity contribution in [2.24, 2.45) is 4.40 Å². The van der Waals surface area contributed by atoms with E-state index in [9.17, 15) is 13.2 Å². The molecule has 1 amide bonds. The molecule has 3 rings (SSSR count). The van der Waals surface area contributed by atoms with Crippen LogP contribution in [0.15, 0.2) is 64.7 Å². The molecular weight excluding hydrogens is 362 g/mol. The quantitative estimate of drug-likeness (QED) is 0.881. The van der Waals surface area contributed by atoms with Crippen molar-refractivity contribution < 1.29 is 13.2 Å². The van der Waals surface area contributed by atoms with Crippen LogP contribution in [0.4, 0.5) is 5.69 Å². The maximum atomic E-state index is 12.7.